The smallest absolute Gasteiger partial charge is 0.410 e. The van der Waals surface area contributed by atoms with E-state index in [1.165, 1.54) is 0 Å². The third-order valence-electron chi connectivity index (χ3n) is 5.04. The van der Waals surface area contributed by atoms with Gasteiger partial charge in [-0.1, -0.05) is 36.8 Å². The number of benzene rings is 1. The minimum atomic E-state index is -0.838. The van der Waals surface area contributed by atoms with E-state index in [4.69, 9.17) is 4.74 Å². The molecule has 0 spiro atoms. The van der Waals surface area contributed by atoms with Crippen LogP contribution in [0.4, 0.5) is 4.79 Å². The number of hydrogen-bond acceptors (Lipinski definition) is 3. The topological polar surface area (TPSA) is 66.8 Å². The van der Waals surface area contributed by atoms with Crippen LogP contribution in [-0.4, -0.2) is 34.2 Å². The molecule has 1 aromatic carbocycles. The minimum absolute atomic E-state index is 0.0259. The summed E-state index contributed by atoms with van der Waals surface area (Å²) in [5.41, 5.74) is 0.407. The van der Waals surface area contributed by atoms with Gasteiger partial charge in [-0.25, -0.2) is 4.79 Å². The lowest BCUT2D eigenvalue weighted by molar-refractivity contribution is -0.140. The van der Waals surface area contributed by atoms with E-state index in [0.29, 0.717) is 12.5 Å². The highest BCUT2D eigenvalue weighted by molar-refractivity contribution is 5.74. The standard InChI is InChI=1S/C17H21NO4/c19-15(20)11-17-9-4-7-14(17)8-10-18(17)16(21)22-12-13-5-2-1-3-6-13/h1-3,5-6,14H,4,7-12H2,(H,19,20)/t14-,17+/m0/s1. The van der Waals surface area contributed by atoms with Crippen molar-refractivity contribution < 1.29 is 19.4 Å². The quantitative estimate of drug-likeness (QED) is 0.928. The molecule has 2 aliphatic rings. The fourth-order valence-corrected chi connectivity index (χ4v) is 4.06. The largest absolute Gasteiger partial charge is 0.481 e. The molecule has 1 heterocycles. The first kappa shape index (κ1) is 14.9. The molecule has 0 radical (unpaired) electrons. The monoisotopic (exact) mass is 303 g/mol. The average Bonchev–Trinajstić information content (AvgIpc) is 3.03. The molecule has 5 nitrogen and oxygen atoms in total. The molecule has 1 saturated heterocycles. The van der Waals surface area contributed by atoms with Crippen LogP contribution in [-0.2, 0) is 16.1 Å². The summed E-state index contributed by atoms with van der Waals surface area (Å²) in [6.07, 6.45) is 3.29. The highest BCUT2D eigenvalue weighted by Crippen LogP contribution is 2.49. The molecule has 1 N–H and O–H groups in total. The van der Waals surface area contributed by atoms with E-state index in [1.807, 2.05) is 30.3 Å². The summed E-state index contributed by atoms with van der Waals surface area (Å²) in [7, 11) is 0. The number of aliphatic carboxylic acids is 1. The van der Waals surface area contributed by atoms with Crippen molar-refractivity contribution >= 4 is 12.1 Å². The number of ether oxygens (including phenoxy) is 1. The van der Waals surface area contributed by atoms with Gasteiger partial charge in [0.05, 0.1) is 12.0 Å². The van der Waals surface area contributed by atoms with Gasteiger partial charge in [-0.05, 0) is 30.7 Å². The second-order valence-corrected chi connectivity index (χ2v) is 6.24. The maximum Gasteiger partial charge on any atom is 0.410 e. The lowest BCUT2D eigenvalue weighted by Gasteiger charge is -2.36. The summed E-state index contributed by atoms with van der Waals surface area (Å²) < 4.78 is 5.42. The molecule has 0 unspecified atom stereocenters. The Morgan fingerprint density at radius 2 is 2.05 bits per heavy atom. The van der Waals surface area contributed by atoms with Gasteiger partial charge in [0, 0.05) is 6.54 Å². The number of nitrogens with zero attached hydrogens (tertiary/aromatic N) is 1. The number of carboxylic acids is 1. The van der Waals surface area contributed by atoms with Crippen molar-refractivity contribution in [1.29, 1.82) is 0 Å². The van der Waals surface area contributed by atoms with Crippen LogP contribution in [0.25, 0.3) is 0 Å². The van der Waals surface area contributed by atoms with Gasteiger partial charge in [0.25, 0.3) is 0 Å². The highest BCUT2D eigenvalue weighted by atomic mass is 16.6. The third kappa shape index (κ3) is 2.67. The summed E-state index contributed by atoms with van der Waals surface area (Å²) >= 11 is 0. The molecule has 22 heavy (non-hydrogen) atoms. The van der Waals surface area contributed by atoms with Gasteiger partial charge in [-0.3, -0.25) is 4.79 Å². The Balaban J connectivity index is 1.69. The Bertz CT molecular complexity index is 559. The van der Waals surface area contributed by atoms with Crippen LogP contribution in [0.1, 0.15) is 37.7 Å². The Kier molecular flexibility index (Phi) is 4.05. The SMILES string of the molecule is O=C(O)C[C@]12CCC[C@H]1CCN2C(=O)OCc1ccccc1. The molecule has 1 aliphatic carbocycles. The zero-order valence-corrected chi connectivity index (χ0v) is 12.5. The Hall–Kier alpha value is -2.04. The van der Waals surface area contributed by atoms with Crippen LogP contribution in [0.5, 0.6) is 0 Å². The Labute approximate surface area is 129 Å². The number of likely N-dealkylation sites (tertiary alicyclic amines) is 1. The molecule has 118 valence electrons. The second-order valence-electron chi connectivity index (χ2n) is 6.24. The summed E-state index contributed by atoms with van der Waals surface area (Å²) in [4.78, 5) is 25.4. The number of rotatable bonds is 4. The van der Waals surface area contributed by atoms with Crippen LogP contribution in [0.2, 0.25) is 0 Å². The van der Waals surface area contributed by atoms with E-state index in [0.717, 1.165) is 31.2 Å². The summed E-state index contributed by atoms with van der Waals surface area (Å²) in [5, 5.41) is 9.24. The van der Waals surface area contributed by atoms with E-state index < -0.39 is 11.5 Å². The fraction of sp³-hybridized carbons (Fsp3) is 0.529. The first-order valence-corrected chi connectivity index (χ1v) is 7.82. The van der Waals surface area contributed by atoms with Crippen LogP contribution < -0.4 is 0 Å². The van der Waals surface area contributed by atoms with Crippen LogP contribution >= 0.6 is 0 Å². The molecule has 1 aromatic rings. The normalized spacial score (nSPS) is 26.7. The summed E-state index contributed by atoms with van der Waals surface area (Å²) in [5.74, 6) is -0.539. The van der Waals surface area contributed by atoms with Crippen molar-refractivity contribution in [3.63, 3.8) is 0 Å². The average molecular weight is 303 g/mol. The predicted molar refractivity (Wildman–Crippen MR) is 80.3 cm³/mol. The molecule has 3 rings (SSSR count). The van der Waals surface area contributed by atoms with E-state index in [2.05, 4.69) is 0 Å². The summed E-state index contributed by atoms with van der Waals surface area (Å²) in [6, 6.07) is 9.53. The third-order valence-corrected chi connectivity index (χ3v) is 5.04. The predicted octanol–water partition coefficient (Wildman–Crippen LogP) is 3.04. The van der Waals surface area contributed by atoms with Crippen LogP contribution in [0, 0.1) is 5.92 Å². The zero-order chi connectivity index (χ0) is 15.6. The van der Waals surface area contributed by atoms with Gasteiger partial charge in [-0.2, -0.15) is 0 Å². The molecule has 1 aliphatic heterocycles. The van der Waals surface area contributed by atoms with Gasteiger partial charge in [0.2, 0.25) is 0 Å². The number of carbonyl (C=O) groups excluding carboxylic acids is 1. The van der Waals surface area contributed by atoms with E-state index in [1.54, 1.807) is 4.90 Å². The van der Waals surface area contributed by atoms with Gasteiger partial charge < -0.3 is 14.7 Å². The zero-order valence-electron chi connectivity index (χ0n) is 12.5. The number of hydrogen-bond donors (Lipinski definition) is 1. The molecular weight excluding hydrogens is 282 g/mol. The number of carboxylic acid groups (broad SMARTS) is 1. The maximum atomic E-state index is 12.5. The van der Waals surface area contributed by atoms with Crippen LogP contribution in [0.15, 0.2) is 30.3 Å². The molecule has 2 fully saturated rings. The van der Waals surface area contributed by atoms with Crippen LogP contribution in [0.3, 0.4) is 0 Å². The molecule has 1 amide bonds. The fourth-order valence-electron chi connectivity index (χ4n) is 4.06. The second kappa shape index (κ2) is 5.99. The number of amides is 1. The molecule has 2 atom stereocenters. The minimum Gasteiger partial charge on any atom is -0.481 e. The molecule has 1 saturated carbocycles. The van der Waals surface area contributed by atoms with Crippen molar-refractivity contribution in [2.24, 2.45) is 5.92 Å². The van der Waals surface area contributed by atoms with E-state index in [-0.39, 0.29) is 19.1 Å². The van der Waals surface area contributed by atoms with Crippen molar-refractivity contribution in [2.75, 3.05) is 6.54 Å². The van der Waals surface area contributed by atoms with Crippen molar-refractivity contribution in [2.45, 2.75) is 44.2 Å². The lowest BCUT2D eigenvalue weighted by Crippen LogP contribution is -2.50. The van der Waals surface area contributed by atoms with Gasteiger partial charge in [0.1, 0.15) is 6.61 Å². The lowest BCUT2D eigenvalue weighted by atomic mass is 9.85. The maximum absolute atomic E-state index is 12.5. The van der Waals surface area contributed by atoms with Crippen molar-refractivity contribution in [3.05, 3.63) is 35.9 Å². The molecule has 5 heteroatoms. The highest BCUT2D eigenvalue weighted by Gasteiger charge is 2.54. The van der Waals surface area contributed by atoms with Crippen molar-refractivity contribution in [1.82, 2.24) is 4.90 Å². The number of carbonyl (C=O) groups is 2. The molecule has 0 aromatic heterocycles. The van der Waals surface area contributed by atoms with E-state index >= 15 is 0 Å². The molecule has 0 bridgehead atoms. The van der Waals surface area contributed by atoms with Gasteiger partial charge >= 0.3 is 12.1 Å². The van der Waals surface area contributed by atoms with Gasteiger partial charge in [0.15, 0.2) is 0 Å². The molecular formula is C17H21NO4. The first-order valence-electron chi connectivity index (χ1n) is 7.82. The van der Waals surface area contributed by atoms with Gasteiger partial charge in [-0.15, -0.1) is 0 Å². The van der Waals surface area contributed by atoms with E-state index in [9.17, 15) is 14.7 Å². The summed E-state index contributed by atoms with van der Waals surface area (Å²) in [6.45, 7) is 0.829. The first-order chi connectivity index (χ1) is 10.6. The Morgan fingerprint density at radius 1 is 1.27 bits per heavy atom. The number of fused-ring (bicyclic) bond motifs is 1. The van der Waals surface area contributed by atoms with Crippen molar-refractivity contribution in [3.8, 4) is 0 Å². The Morgan fingerprint density at radius 3 is 2.77 bits per heavy atom.